The van der Waals surface area contributed by atoms with Gasteiger partial charge in [-0.1, -0.05) is 12.1 Å². The summed E-state index contributed by atoms with van der Waals surface area (Å²) in [6.45, 7) is 2.15. The van der Waals surface area contributed by atoms with Crippen LogP contribution in [0, 0.1) is 0 Å². The monoisotopic (exact) mass is 250 g/mol. The van der Waals surface area contributed by atoms with Gasteiger partial charge in [-0.05, 0) is 37.5 Å². The molecule has 1 aliphatic rings. The lowest BCUT2D eigenvalue weighted by atomic mass is 9.61. The number of phenols is 1. The van der Waals surface area contributed by atoms with Crippen LogP contribution >= 0.6 is 0 Å². The molecule has 4 heteroatoms. The van der Waals surface area contributed by atoms with E-state index in [4.69, 9.17) is 4.74 Å². The van der Waals surface area contributed by atoms with Crippen LogP contribution in [0.3, 0.4) is 0 Å². The maximum Gasteiger partial charge on any atom is 0.306 e. The van der Waals surface area contributed by atoms with E-state index in [0.717, 1.165) is 5.56 Å². The largest absolute Gasteiger partial charge is 0.508 e. The maximum absolute atomic E-state index is 11.6. The van der Waals surface area contributed by atoms with Gasteiger partial charge in [-0.25, -0.2) is 0 Å². The van der Waals surface area contributed by atoms with E-state index >= 15 is 0 Å². The van der Waals surface area contributed by atoms with Crippen LogP contribution in [0.25, 0.3) is 0 Å². The molecular weight excluding hydrogens is 232 g/mol. The maximum atomic E-state index is 11.6. The Morgan fingerprint density at radius 1 is 1.39 bits per heavy atom. The van der Waals surface area contributed by atoms with E-state index in [1.165, 1.54) is 0 Å². The summed E-state index contributed by atoms with van der Waals surface area (Å²) in [6, 6.07) is 6.82. The predicted octanol–water partition coefficient (Wildman–Crippen LogP) is 1.74. The van der Waals surface area contributed by atoms with Gasteiger partial charge in [0, 0.05) is 5.41 Å². The van der Waals surface area contributed by atoms with Gasteiger partial charge in [0.25, 0.3) is 0 Å². The highest BCUT2D eigenvalue weighted by Crippen LogP contribution is 2.47. The van der Waals surface area contributed by atoms with Crippen molar-refractivity contribution in [1.29, 1.82) is 0 Å². The Kier molecular flexibility index (Phi) is 3.57. The molecule has 0 bridgehead atoms. The van der Waals surface area contributed by atoms with Crippen molar-refractivity contribution in [1.82, 2.24) is 0 Å². The van der Waals surface area contributed by atoms with E-state index in [-0.39, 0.29) is 29.7 Å². The molecule has 1 saturated carbocycles. The third-order valence-corrected chi connectivity index (χ3v) is 3.52. The number of aromatic hydroxyl groups is 1. The van der Waals surface area contributed by atoms with Crippen LogP contribution in [-0.2, 0) is 14.9 Å². The van der Waals surface area contributed by atoms with Crippen LogP contribution < -0.4 is 0 Å². The Morgan fingerprint density at radius 2 is 2.00 bits per heavy atom. The van der Waals surface area contributed by atoms with E-state index in [1.54, 1.807) is 31.2 Å². The van der Waals surface area contributed by atoms with Crippen molar-refractivity contribution in [3.8, 4) is 5.75 Å². The topological polar surface area (TPSA) is 66.8 Å². The first-order valence-electron chi connectivity index (χ1n) is 6.19. The summed E-state index contributed by atoms with van der Waals surface area (Å²) in [4.78, 5) is 11.6. The second kappa shape index (κ2) is 4.98. The van der Waals surface area contributed by atoms with E-state index in [0.29, 0.717) is 19.4 Å². The van der Waals surface area contributed by atoms with Crippen molar-refractivity contribution in [2.24, 2.45) is 0 Å². The molecule has 0 saturated heterocycles. The van der Waals surface area contributed by atoms with E-state index in [1.807, 2.05) is 0 Å². The molecule has 1 fully saturated rings. The highest BCUT2D eigenvalue weighted by atomic mass is 16.5. The molecule has 0 unspecified atom stereocenters. The molecule has 0 aromatic heterocycles. The van der Waals surface area contributed by atoms with Crippen molar-refractivity contribution >= 4 is 5.97 Å². The van der Waals surface area contributed by atoms with Crippen LogP contribution in [0.15, 0.2) is 24.3 Å². The first-order valence-corrected chi connectivity index (χ1v) is 6.19. The first kappa shape index (κ1) is 12.9. The van der Waals surface area contributed by atoms with Crippen LogP contribution in [-0.4, -0.2) is 28.9 Å². The molecule has 0 aliphatic heterocycles. The van der Waals surface area contributed by atoms with Crippen molar-refractivity contribution in [3.63, 3.8) is 0 Å². The third kappa shape index (κ3) is 2.48. The Balaban J connectivity index is 2.17. The third-order valence-electron chi connectivity index (χ3n) is 3.52. The van der Waals surface area contributed by atoms with Gasteiger partial charge in [0.1, 0.15) is 5.75 Å². The van der Waals surface area contributed by atoms with Gasteiger partial charge >= 0.3 is 5.97 Å². The number of aliphatic hydroxyl groups excluding tert-OH is 1. The molecule has 98 valence electrons. The molecule has 0 heterocycles. The van der Waals surface area contributed by atoms with Gasteiger partial charge in [0.15, 0.2) is 0 Å². The second-order valence-electron chi connectivity index (χ2n) is 4.87. The molecule has 1 aliphatic carbocycles. The number of phenolic OH excluding ortho intramolecular Hbond substituents is 1. The van der Waals surface area contributed by atoms with Crippen molar-refractivity contribution in [3.05, 3.63) is 29.8 Å². The zero-order valence-electron chi connectivity index (χ0n) is 10.4. The average molecular weight is 250 g/mol. The molecule has 0 spiro atoms. The molecule has 1 aromatic carbocycles. The minimum absolute atomic E-state index is 0.199. The molecule has 4 nitrogen and oxygen atoms in total. The van der Waals surface area contributed by atoms with E-state index < -0.39 is 0 Å². The standard InChI is InChI=1S/C14H18O4/c1-2-18-13(17)9-14(7-12(16)8-14)10-3-5-11(15)6-4-10/h3-6,12,15-16H,2,7-9H2,1H3. The number of carbonyl (C=O) groups excluding carboxylic acids is 1. The lowest BCUT2D eigenvalue weighted by molar-refractivity contribution is -0.147. The van der Waals surface area contributed by atoms with Crippen molar-refractivity contribution in [2.45, 2.75) is 37.7 Å². The predicted molar refractivity (Wildman–Crippen MR) is 66.3 cm³/mol. The zero-order valence-corrected chi connectivity index (χ0v) is 10.4. The van der Waals surface area contributed by atoms with Crippen LogP contribution in [0.4, 0.5) is 0 Å². The quantitative estimate of drug-likeness (QED) is 0.799. The van der Waals surface area contributed by atoms with E-state index in [9.17, 15) is 15.0 Å². The smallest absolute Gasteiger partial charge is 0.306 e. The van der Waals surface area contributed by atoms with Gasteiger partial charge in [-0.3, -0.25) is 4.79 Å². The summed E-state index contributed by atoms with van der Waals surface area (Å²) in [7, 11) is 0. The Labute approximate surface area is 106 Å². The SMILES string of the molecule is CCOC(=O)CC1(c2ccc(O)cc2)CC(O)C1. The summed E-state index contributed by atoms with van der Waals surface area (Å²) in [6.07, 6.45) is 1.06. The van der Waals surface area contributed by atoms with Crippen LogP contribution in [0.2, 0.25) is 0 Å². The molecule has 18 heavy (non-hydrogen) atoms. The molecule has 0 radical (unpaired) electrons. The highest BCUT2D eigenvalue weighted by molar-refractivity contribution is 5.72. The number of hydrogen-bond acceptors (Lipinski definition) is 4. The minimum Gasteiger partial charge on any atom is -0.508 e. The summed E-state index contributed by atoms with van der Waals surface area (Å²) in [5, 5.41) is 18.8. The minimum atomic E-state index is -0.353. The zero-order chi connectivity index (χ0) is 13.2. The Hall–Kier alpha value is -1.55. The first-order chi connectivity index (χ1) is 8.55. The fourth-order valence-corrected chi connectivity index (χ4v) is 2.63. The molecule has 0 amide bonds. The summed E-state index contributed by atoms with van der Waals surface area (Å²) in [5.74, 6) is -0.0395. The number of carbonyl (C=O) groups is 1. The number of esters is 1. The molecule has 2 N–H and O–H groups in total. The van der Waals surface area contributed by atoms with Crippen LogP contribution in [0.1, 0.15) is 31.7 Å². The number of rotatable bonds is 4. The Morgan fingerprint density at radius 3 is 2.50 bits per heavy atom. The van der Waals surface area contributed by atoms with E-state index in [2.05, 4.69) is 0 Å². The second-order valence-corrected chi connectivity index (χ2v) is 4.87. The number of benzene rings is 1. The fourth-order valence-electron chi connectivity index (χ4n) is 2.63. The molecular formula is C14H18O4. The molecule has 1 aromatic rings. The Bertz CT molecular complexity index is 418. The average Bonchev–Trinajstić information content (AvgIpc) is 2.27. The molecule has 2 rings (SSSR count). The molecule has 0 atom stereocenters. The van der Waals surface area contributed by atoms with Gasteiger partial charge in [0.2, 0.25) is 0 Å². The van der Waals surface area contributed by atoms with Gasteiger partial charge in [-0.2, -0.15) is 0 Å². The normalized spacial score (nSPS) is 26.4. The van der Waals surface area contributed by atoms with Crippen molar-refractivity contribution in [2.75, 3.05) is 6.61 Å². The summed E-state index contributed by atoms with van der Waals surface area (Å²) < 4.78 is 4.98. The van der Waals surface area contributed by atoms with Crippen LogP contribution in [0.5, 0.6) is 5.75 Å². The fraction of sp³-hybridized carbons (Fsp3) is 0.500. The summed E-state index contributed by atoms with van der Waals surface area (Å²) >= 11 is 0. The van der Waals surface area contributed by atoms with Gasteiger partial charge in [0.05, 0.1) is 19.1 Å². The lowest BCUT2D eigenvalue weighted by Gasteiger charge is -2.45. The lowest BCUT2D eigenvalue weighted by Crippen LogP contribution is -2.46. The van der Waals surface area contributed by atoms with Crippen molar-refractivity contribution < 1.29 is 19.7 Å². The highest BCUT2D eigenvalue weighted by Gasteiger charge is 2.46. The van der Waals surface area contributed by atoms with Gasteiger partial charge < -0.3 is 14.9 Å². The number of aliphatic hydroxyl groups is 1. The number of ether oxygens (including phenoxy) is 1. The summed E-state index contributed by atoms with van der Waals surface area (Å²) in [5.41, 5.74) is 0.637. The number of hydrogen-bond donors (Lipinski definition) is 2. The van der Waals surface area contributed by atoms with Gasteiger partial charge in [-0.15, -0.1) is 0 Å².